The molecule has 4 aromatic carbocycles. The molecule has 0 radical (unpaired) electrons. The average molecular weight is 410 g/mol. The summed E-state index contributed by atoms with van der Waals surface area (Å²) >= 11 is 0. The predicted molar refractivity (Wildman–Crippen MR) is 123 cm³/mol. The summed E-state index contributed by atoms with van der Waals surface area (Å²) in [6, 6.07) is 31.1. The van der Waals surface area contributed by atoms with Crippen molar-refractivity contribution in [3.63, 3.8) is 0 Å². The molecule has 154 valence electrons. The Hall–Kier alpha value is -4.12. The lowest BCUT2D eigenvalue weighted by atomic mass is 10.0. The summed E-state index contributed by atoms with van der Waals surface area (Å²) in [5.41, 5.74) is 2.59. The van der Waals surface area contributed by atoms with Crippen molar-refractivity contribution in [3.05, 3.63) is 108 Å². The summed E-state index contributed by atoms with van der Waals surface area (Å²) in [7, 11) is 0. The van der Waals surface area contributed by atoms with Crippen LogP contribution in [-0.2, 0) is 16.2 Å². The van der Waals surface area contributed by atoms with Crippen LogP contribution in [0.5, 0.6) is 5.75 Å². The van der Waals surface area contributed by atoms with Gasteiger partial charge in [-0.1, -0.05) is 84.0 Å². The van der Waals surface area contributed by atoms with Crippen molar-refractivity contribution in [2.45, 2.75) is 6.61 Å². The van der Waals surface area contributed by atoms with E-state index < -0.39 is 0 Å². The van der Waals surface area contributed by atoms with E-state index in [1.807, 2.05) is 97.1 Å². The summed E-state index contributed by atoms with van der Waals surface area (Å²) in [4.78, 5) is 17.3. The van der Waals surface area contributed by atoms with Gasteiger partial charge in [0.05, 0.1) is 6.21 Å². The molecular weight excluding hydrogens is 388 g/mol. The molecule has 0 aromatic heterocycles. The SMILES string of the molecule is O=C(CO/N=C/c1c(OCc2ccccc2)ccc2ccccc12)Nc1ccccc1. The van der Waals surface area contributed by atoms with Crippen molar-refractivity contribution >= 4 is 28.6 Å². The van der Waals surface area contributed by atoms with Gasteiger partial charge in [0.2, 0.25) is 0 Å². The van der Waals surface area contributed by atoms with Crippen LogP contribution in [0.15, 0.2) is 102 Å². The molecule has 4 rings (SSSR count). The summed E-state index contributed by atoms with van der Waals surface area (Å²) in [5, 5.41) is 8.84. The van der Waals surface area contributed by atoms with Gasteiger partial charge in [-0.15, -0.1) is 0 Å². The molecule has 0 bridgehead atoms. The number of amides is 1. The van der Waals surface area contributed by atoms with Gasteiger partial charge in [-0.25, -0.2) is 0 Å². The molecule has 0 aliphatic heterocycles. The number of carbonyl (C=O) groups is 1. The molecule has 0 aliphatic carbocycles. The van der Waals surface area contributed by atoms with Crippen LogP contribution in [0.1, 0.15) is 11.1 Å². The molecule has 0 saturated carbocycles. The van der Waals surface area contributed by atoms with Gasteiger partial charge in [-0.2, -0.15) is 0 Å². The lowest BCUT2D eigenvalue weighted by Crippen LogP contribution is -2.16. The maximum Gasteiger partial charge on any atom is 0.265 e. The van der Waals surface area contributed by atoms with Crippen LogP contribution in [0.2, 0.25) is 0 Å². The minimum atomic E-state index is -0.276. The number of hydrogen-bond donors (Lipinski definition) is 1. The van der Waals surface area contributed by atoms with E-state index in [0.29, 0.717) is 18.0 Å². The topological polar surface area (TPSA) is 59.9 Å². The van der Waals surface area contributed by atoms with Crippen LogP contribution in [0, 0.1) is 0 Å². The Kier molecular flexibility index (Phi) is 6.55. The molecule has 0 aliphatic rings. The van der Waals surface area contributed by atoms with Crippen molar-refractivity contribution in [1.82, 2.24) is 0 Å². The zero-order chi connectivity index (χ0) is 21.3. The molecule has 1 amide bonds. The zero-order valence-electron chi connectivity index (χ0n) is 16.9. The Labute approximate surface area is 180 Å². The number of anilines is 1. The molecular formula is C26H22N2O3. The minimum absolute atomic E-state index is 0.184. The van der Waals surface area contributed by atoms with Crippen molar-refractivity contribution in [3.8, 4) is 5.75 Å². The number of para-hydroxylation sites is 1. The van der Waals surface area contributed by atoms with Crippen molar-refractivity contribution in [2.24, 2.45) is 5.16 Å². The molecule has 0 fully saturated rings. The predicted octanol–water partition coefficient (Wildman–Crippen LogP) is 5.41. The number of carbonyl (C=O) groups excluding carboxylic acids is 1. The lowest BCUT2D eigenvalue weighted by Gasteiger charge is -2.12. The number of nitrogens with one attached hydrogen (secondary N) is 1. The minimum Gasteiger partial charge on any atom is -0.488 e. The van der Waals surface area contributed by atoms with Crippen LogP contribution in [0.3, 0.4) is 0 Å². The van der Waals surface area contributed by atoms with E-state index >= 15 is 0 Å². The van der Waals surface area contributed by atoms with Gasteiger partial charge >= 0.3 is 0 Å². The highest BCUT2D eigenvalue weighted by atomic mass is 16.6. The second-order valence-electron chi connectivity index (χ2n) is 6.89. The van der Waals surface area contributed by atoms with Gasteiger partial charge in [0.15, 0.2) is 6.61 Å². The normalized spacial score (nSPS) is 10.8. The molecule has 0 saturated heterocycles. The molecule has 0 unspecified atom stereocenters. The number of rotatable bonds is 8. The second-order valence-corrected chi connectivity index (χ2v) is 6.89. The highest BCUT2D eigenvalue weighted by Crippen LogP contribution is 2.27. The van der Waals surface area contributed by atoms with E-state index in [9.17, 15) is 4.79 Å². The molecule has 0 atom stereocenters. The largest absolute Gasteiger partial charge is 0.488 e. The maximum atomic E-state index is 12.0. The molecule has 0 heterocycles. The fraction of sp³-hybridized carbons (Fsp3) is 0.0769. The average Bonchev–Trinajstić information content (AvgIpc) is 2.82. The van der Waals surface area contributed by atoms with Crippen LogP contribution in [0.4, 0.5) is 5.69 Å². The summed E-state index contributed by atoms with van der Waals surface area (Å²) < 4.78 is 6.06. The summed E-state index contributed by atoms with van der Waals surface area (Å²) in [5.74, 6) is 0.422. The summed E-state index contributed by atoms with van der Waals surface area (Å²) in [6.45, 7) is 0.261. The quantitative estimate of drug-likeness (QED) is 0.312. The van der Waals surface area contributed by atoms with Gasteiger partial charge in [0.25, 0.3) is 5.91 Å². The maximum absolute atomic E-state index is 12.0. The number of oxime groups is 1. The third-order valence-corrected chi connectivity index (χ3v) is 4.68. The van der Waals surface area contributed by atoms with E-state index in [0.717, 1.165) is 21.9 Å². The number of hydrogen-bond acceptors (Lipinski definition) is 4. The first-order valence-corrected chi connectivity index (χ1v) is 9.98. The van der Waals surface area contributed by atoms with Crippen LogP contribution in [0.25, 0.3) is 10.8 Å². The second kappa shape index (κ2) is 10.1. The Balaban J connectivity index is 1.46. The number of nitrogens with zero attached hydrogens (tertiary/aromatic N) is 1. The van der Waals surface area contributed by atoms with E-state index in [2.05, 4.69) is 10.5 Å². The first kappa shape index (κ1) is 20.2. The Morgan fingerprint density at radius 1 is 0.839 bits per heavy atom. The zero-order valence-corrected chi connectivity index (χ0v) is 16.9. The number of benzene rings is 4. The Morgan fingerprint density at radius 3 is 2.35 bits per heavy atom. The first-order valence-electron chi connectivity index (χ1n) is 9.98. The number of fused-ring (bicyclic) bond motifs is 1. The smallest absolute Gasteiger partial charge is 0.265 e. The fourth-order valence-corrected chi connectivity index (χ4v) is 3.17. The van der Waals surface area contributed by atoms with Crippen LogP contribution in [-0.4, -0.2) is 18.7 Å². The lowest BCUT2D eigenvalue weighted by molar-refractivity contribution is -0.120. The highest BCUT2D eigenvalue weighted by molar-refractivity contribution is 6.02. The van der Waals surface area contributed by atoms with Crippen LogP contribution >= 0.6 is 0 Å². The van der Waals surface area contributed by atoms with Crippen molar-refractivity contribution in [2.75, 3.05) is 11.9 Å². The van der Waals surface area contributed by atoms with Gasteiger partial charge in [-0.05, 0) is 34.5 Å². The van der Waals surface area contributed by atoms with Gasteiger partial charge in [0, 0.05) is 11.3 Å². The molecule has 5 heteroatoms. The molecule has 0 spiro atoms. The van der Waals surface area contributed by atoms with Gasteiger partial charge < -0.3 is 14.9 Å². The molecule has 5 nitrogen and oxygen atoms in total. The molecule has 31 heavy (non-hydrogen) atoms. The Bertz CT molecular complexity index is 1180. The summed E-state index contributed by atoms with van der Waals surface area (Å²) in [6.07, 6.45) is 1.60. The van der Waals surface area contributed by atoms with Gasteiger partial charge in [-0.3, -0.25) is 4.79 Å². The molecule has 1 N–H and O–H groups in total. The first-order chi connectivity index (χ1) is 15.3. The van der Waals surface area contributed by atoms with Crippen molar-refractivity contribution in [1.29, 1.82) is 0 Å². The third-order valence-electron chi connectivity index (χ3n) is 4.68. The third kappa shape index (κ3) is 5.48. The van der Waals surface area contributed by atoms with Gasteiger partial charge in [0.1, 0.15) is 12.4 Å². The fourth-order valence-electron chi connectivity index (χ4n) is 3.17. The Morgan fingerprint density at radius 2 is 1.55 bits per heavy atom. The standard InChI is InChI=1S/C26H22N2O3/c29-26(28-22-12-5-2-6-13-22)19-31-27-17-24-23-14-8-7-11-21(23)15-16-25(24)30-18-20-9-3-1-4-10-20/h1-17H,18-19H2,(H,28,29)/b27-17+. The van der Waals surface area contributed by atoms with E-state index in [1.54, 1.807) is 6.21 Å². The van der Waals surface area contributed by atoms with Crippen molar-refractivity contribution < 1.29 is 14.4 Å². The van der Waals surface area contributed by atoms with E-state index in [4.69, 9.17) is 9.57 Å². The highest BCUT2D eigenvalue weighted by Gasteiger charge is 2.08. The van der Waals surface area contributed by atoms with E-state index in [-0.39, 0.29) is 12.5 Å². The van der Waals surface area contributed by atoms with E-state index in [1.165, 1.54) is 0 Å². The van der Waals surface area contributed by atoms with Crippen LogP contribution < -0.4 is 10.1 Å². The number of ether oxygens (including phenoxy) is 1. The monoisotopic (exact) mass is 410 g/mol. The molecule has 4 aromatic rings.